The van der Waals surface area contributed by atoms with Crippen LogP contribution in [0, 0.1) is 0 Å². The van der Waals surface area contributed by atoms with E-state index in [1.807, 2.05) is 0 Å². The van der Waals surface area contributed by atoms with Crippen molar-refractivity contribution in [1.82, 2.24) is 4.72 Å². The minimum Gasteiger partial charge on any atom is -0.394 e. The summed E-state index contributed by atoms with van der Waals surface area (Å²) in [7, 11) is -4.00. The van der Waals surface area contributed by atoms with E-state index in [9.17, 15) is 23.7 Å². The second-order valence-corrected chi connectivity index (χ2v) is 6.40. The van der Waals surface area contributed by atoms with E-state index in [0.29, 0.717) is 0 Å². The first kappa shape index (κ1) is 16.3. The molecular weight excluding hydrogens is 302 g/mol. The molecule has 8 nitrogen and oxygen atoms in total. The van der Waals surface area contributed by atoms with E-state index < -0.39 is 47.3 Å². The first-order valence-electron chi connectivity index (χ1n) is 6.24. The monoisotopic (exact) mass is 319 g/mol. The van der Waals surface area contributed by atoms with Crippen LogP contribution < -0.4 is 4.72 Å². The number of aliphatic hydroxyl groups is 4. The minimum atomic E-state index is -4.00. The third-order valence-corrected chi connectivity index (χ3v) is 4.72. The van der Waals surface area contributed by atoms with Crippen LogP contribution in [0.25, 0.3) is 0 Å². The van der Waals surface area contributed by atoms with Gasteiger partial charge in [0.05, 0.1) is 11.5 Å². The molecule has 1 aromatic rings. The molecule has 1 fully saturated rings. The minimum absolute atomic E-state index is 0.0526. The molecule has 0 aliphatic carbocycles. The predicted molar refractivity (Wildman–Crippen MR) is 70.5 cm³/mol. The van der Waals surface area contributed by atoms with Gasteiger partial charge in [-0.05, 0) is 12.1 Å². The van der Waals surface area contributed by atoms with Crippen molar-refractivity contribution in [3.8, 4) is 0 Å². The Morgan fingerprint density at radius 3 is 2.29 bits per heavy atom. The fraction of sp³-hybridized carbons (Fsp3) is 0.500. The quantitative estimate of drug-likeness (QED) is 0.423. The molecule has 1 aromatic carbocycles. The summed E-state index contributed by atoms with van der Waals surface area (Å²) < 4.78 is 31.2. The molecule has 21 heavy (non-hydrogen) atoms. The molecule has 0 spiro atoms. The maximum atomic E-state index is 12.1. The highest BCUT2D eigenvalue weighted by atomic mass is 32.2. The summed E-state index contributed by atoms with van der Waals surface area (Å²) in [4.78, 5) is -0.0526. The van der Waals surface area contributed by atoms with Crippen LogP contribution in [0.4, 0.5) is 0 Å². The summed E-state index contributed by atoms with van der Waals surface area (Å²) in [6.45, 7) is -0.618. The molecule has 118 valence electrons. The molecule has 1 saturated heterocycles. The van der Waals surface area contributed by atoms with Gasteiger partial charge in [0.1, 0.15) is 24.4 Å². The van der Waals surface area contributed by atoms with E-state index in [0.717, 1.165) is 0 Å². The van der Waals surface area contributed by atoms with Crippen molar-refractivity contribution in [2.45, 2.75) is 35.5 Å². The van der Waals surface area contributed by atoms with Gasteiger partial charge in [0.15, 0.2) is 6.29 Å². The predicted octanol–water partition coefficient (Wildman–Crippen LogP) is -2.24. The van der Waals surface area contributed by atoms with Crippen LogP contribution in [0.2, 0.25) is 0 Å². The van der Waals surface area contributed by atoms with Gasteiger partial charge in [-0.2, -0.15) is 0 Å². The zero-order chi connectivity index (χ0) is 15.6. The number of nitrogens with one attached hydrogen (secondary N) is 1. The molecule has 0 radical (unpaired) electrons. The molecule has 1 heterocycles. The molecule has 1 aliphatic rings. The third-order valence-electron chi connectivity index (χ3n) is 3.24. The molecule has 0 bridgehead atoms. The van der Waals surface area contributed by atoms with Gasteiger partial charge in [0.2, 0.25) is 10.0 Å². The van der Waals surface area contributed by atoms with Crippen molar-refractivity contribution in [2.24, 2.45) is 0 Å². The Bertz CT molecular complexity index is 564. The first-order valence-corrected chi connectivity index (χ1v) is 7.73. The van der Waals surface area contributed by atoms with Crippen molar-refractivity contribution in [2.75, 3.05) is 6.61 Å². The highest BCUT2D eigenvalue weighted by Gasteiger charge is 2.45. The Morgan fingerprint density at radius 2 is 1.71 bits per heavy atom. The van der Waals surface area contributed by atoms with Crippen LogP contribution in [0.5, 0.6) is 0 Å². The molecule has 2 rings (SSSR count). The lowest BCUT2D eigenvalue weighted by Crippen LogP contribution is -2.64. The Balaban J connectivity index is 2.19. The lowest BCUT2D eigenvalue weighted by atomic mass is 9.98. The Morgan fingerprint density at radius 1 is 1.10 bits per heavy atom. The van der Waals surface area contributed by atoms with E-state index in [-0.39, 0.29) is 4.90 Å². The molecule has 5 atom stereocenters. The van der Waals surface area contributed by atoms with Crippen LogP contribution in [-0.4, -0.2) is 66.1 Å². The Labute approximate surface area is 121 Å². The standard InChI is InChI=1S/C12H17NO7S/c14-6-8-10(15)11(16)9(12(17)20-8)13-21(18,19)7-4-2-1-3-5-7/h1-5,8-17H,6H2/t8-,9-,10-,11-,12-/m1/s1. The maximum absolute atomic E-state index is 12.1. The number of hydrogen-bond donors (Lipinski definition) is 5. The fourth-order valence-electron chi connectivity index (χ4n) is 2.07. The molecule has 0 amide bonds. The number of aliphatic hydroxyl groups excluding tert-OH is 4. The van der Waals surface area contributed by atoms with Crippen LogP contribution in [0.3, 0.4) is 0 Å². The number of rotatable bonds is 4. The maximum Gasteiger partial charge on any atom is 0.241 e. The Hall–Kier alpha value is -1.07. The van der Waals surface area contributed by atoms with Crippen LogP contribution in [-0.2, 0) is 14.8 Å². The van der Waals surface area contributed by atoms with E-state index in [1.54, 1.807) is 6.07 Å². The summed E-state index contributed by atoms with van der Waals surface area (Å²) in [5.74, 6) is 0. The highest BCUT2D eigenvalue weighted by Crippen LogP contribution is 2.21. The van der Waals surface area contributed by atoms with Crippen LogP contribution in [0.15, 0.2) is 35.2 Å². The van der Waals surface area contributed by atoms with E-state index in [1.165, 1.54) is 24.3 Å². The molecule has 0 saturated carbocycles. The number of benzene rings is 1. The topological polar surface area (TPSA) is 136 Å². The highest BCUT2D eigenvalue weighted by molar-refractivity contribution is 7.89. The summed E-state index contributed by atoms with van der Waals surface area (Å²) in [5.41, 5.74) is 0. The second kappa shape index (κ2) is 6.36. The zero-order valence-corrected chi connectivity index (χ0v) is 11.7. The average molecular weight is 319 g/mol. The lowest BCUT2D eigenvalue weighted by molar-refractivity contribution is -0.251. The summed E-state index contributed by atoms with van der Waals surface area (Å²) in [5, 5.41) is 38.3. The molecule has 9 heteroatoms. The van der Waals surface area contributed by atoms with Gasteiger partial charge in [-0.3, -0.25) is 0 Å². The number of sulfonamides is 1. The number of hydrogen-bond acceptors (Lipinski definition) is 7. The smallest absolute Gasteiger partial charge is 0.241 e. The van der Waals surface area contributed by atoms with Gasteiger partial charge in [-0.15, -0.1) is 0 Å². The second-order valence-electron chi connectivity index (χ2n) is 4.69. The van der Waals surface area contributed by atoms with E-state index in [2.05, 4.69) is 4.72 Å². The van der Waals surface area contributed by atoms with Crippen molar-refractivity contribution < 1.29 is 33.6 Å². The fourth-order valence-corrected chi connectivity index (χ4v) is 3.34. The van der Waals surface area contributed by atoms with Crippen LogP contribution in [0.1, 0.15) is 0 Å². The van der Waals surface area contributed by atoms with Crippen molar-refractivity contribution in [3.63, 3.8) is 0 Å². The van der Waals surface area contributed by atoms with Gasteiger partial charge < -0.3 is 25.2 Å². The van der Waals surface area contributed by atoms with E-state index >= 15 is 0 Å². The summed E-state index contributed by atoms with van der Waals surface area (Å²) in [6, 6.07) is 5.93. The summed E-state index contributed by atoms with van der Waals surface area (Å²) in [6.07, 6.45) is -6.03. The van der Waals surface area contributed by atoms with Crippen molar-refractivity contribution >= 4 is 10.0 Å². The van der Waals surface area contributed by atoms with E-state index in [4.69, 9.17) is 9.84 Å². The van der Waals surface area contributed by atoms with Gasteiger partial charge in [0, 0.05) is 0 Å². The molecule has 0 unspecified atom stereocenters. The van der Waals surface area contributed by atoms with Crippen LogP contribution >= 0.6 is 0 Å². The van der Waals surface area contributed by atoms with Gasteiger partial charge in [-0.25, -0.2) is 13.1 Å². The molecular formula is C12H17NO7S. The Kier molecular flexibility index (Phi) is 4.94. The van der Waals surface area contributed by atoms with Crippen molar-refractivity contribution in [3.05, 3.63) is 30.3 Å². The average Bonchev–Trinajstić information content (AvgIpc) is 2.48. The normalized spacial score (nSPS) is 33.8. The molecule has 5 N–H and O–H groups in total. The largest absolute Gasteiger partial charge is 0.394 e. The third kappa shape index (κ3) is 3.40. The van der Waals surface area contributed by atoms with Crippen molar-refractivity contribution in [1.29, 1.82) is 0 Å². The van der Waals surface area contributed by atoms with Gasteiger partial charge >= 0.3 is 0 Å². The SMILES string of the molecule is O=S(=O)(N[C@@H]1[C@@H](O)[C@H](O)[C@@H](CO)O[C@H]1O)c1ccccc1. The number of ether oxygens (including phenoxy) is 1. The van der Waals surface area contributed by atoms with Gasteiger partial charge in [0.25, 0.3) is 0 Å². The first-order chi connectivity index (χ1) is 9.86. The summed E-state index contributed by atoms with van der Waals surface area (Å²) >= 11 is 0. The lowest BCUT2D eigenvalue weighted by Gasteiger charge is -2.40. The van der Waals surface area contributed by atoms with Gasteiger partial charge in [-0.1, -0.05) is 18.2 Å². The molecule has 0 aromatic heterocycles. The molecule has 1 aliphatic heterocycles. The zero-order valence-electron chi connectivity index (χ0n) is 10.9.